The number of hydrogen-bond donors (Lipinski definition) is 1. The average molecular weight is 359 g/mol. The lowest BCUT2D eigenvalue weighted by Gasteiger charge is -2.32. The van der Waals surface area contributed by atoms with Crippen LogP contribution in [0.3, 0.4) is 0 Å². The van der Waals surface area contributed by atoms with E-state index in [0.29, 0.717) is 4.88 Å². The third kappa shape index (κ3) is 4.66. The lowest BCUT2D eigenvalue weighted by Crippen LogP contribution is -2.43. The molecule has 6 heteroatoms. The molecule has 1 aliphatic heterocycles. The van der Waals surface area contributed by atoms with Gasteiger partial charge in [-0.1, -0.05) is 19.1 Å². The third-order valence-corrected chi connectivity index (χ3v) is 5.84. The van der Waals surface area contributed by atoms with E-state index in [1.165, 1.54) is 16.9 Å². The van der Waals surface area contributed by atoms with Crippen LogP contribution in [0, 0.1) is 6.92 Å². The number of piperazine rings is 1. The Bertz CT molecular complexity index is 735. The van der Waals surface area contributed by atoms with Crippen molar-refractivity contribution in [2.24, 2.45) is 0 Å². The quantitative estimate of drug-likeness (QED) is 0.893. The molecule has 0 bridgehead atoms. The fourth-order valence-electron chi connectivity index (χ4n) is 3.01. The second-order valence-corrected chi connectivity index (χ2v) is 7.69. The molecule has 2 aromatic rings. The summed E-state index contributed by atoms with van der Waals surface area (Å²) in [4.78, 5) is 22.5. The highest BCUT2D eigenvalue weighted by Gasteiger charge is 2.16. The van der Waals surface area contributed by atoms with Gasteiger partial charge in [-0.2, -0.15) is 0 Å². The summed E-state index contributed by atoms with van der Waals surface area (Å²) in [6, 6.07) is 8.16. The number of thiazole rings is 1. The van der Waals surface area contributed by atoms with Crippen LogP contribution in [0.4, 0.5) is 5.69 Å². The molecule has 1 aliphatic rings. The van der Waals surface area contributed by atoms with Gasteiger partial charge in [0, 0.05) is 38.4 Å². The Hall–Kier alpha value is -1.76. The van der Waals surface area contributed by atoms with Crippen molar-refractivity contribution in [2.45, 2.75) is 26.8 Å². The first-order valence-electron chi connectivity index (χ1n) is 8.82. The third-order valence-electron chi connectivity index (χ3n) is 4.54. The Morgan fingerprint density at radius 1 is 1.28 bits per heavy atom. The van der Waals surface area contributed by atoms with Gasteiger partial charge in [0.05, 0.1) is 10.7 Å². The van der Waals surface area contributed by atoms with E-state index in [-0.39, 0.29) is 5.91 Å². The molecule has 1 fully saturated rings. The van der Waals surface area contributed by atoms with Crippen molar-refractivity contribution < 1.29 is 4.79 Å². The first-order valence-corrected chi connectivity index (χ1v) is 9.64. The number of nitrogens with zero attached hydrogens (tertiary/aromatic N) is 3. The fraction of sp³-hybridized carbons (Fsp3) is 0.474. The zero-order valence-electron chi connectivity index (χ0n) is 15.2. The number of carbonyl (C=O) groups excluding carboxylic acids is 1. The molecule has 1 aromatic carbocycles. The van der Waals surface area contributed by atoms with Crippen LogP contribution in [-0.2, 0) is 13.0 Å². The number of carbonyl (C=O) groups is 1. The van der Waals surface area contributed by atoms with Crippen LogP contribution in [0.2, 0.25) is 0 Å². The van der Waals surface area contributed by atoms with Crippen LogP contribution in [0.25, 0.3) is 0 Å². The van der Waals surface area contributed by atoms with Gasteiger partial charge in [0.1, 0.15) is 4.88 Å². The maximum atomic E-state index is 12.5. The topological polar surface area (TPSA) is 48.5 Å². The normalized spacial score (nSPS) is 16.1. The van der Waals surface area contributed by atoms with Crippen LogP contribution in [0.15, 0.2) is 24.3 Å². The van der Waals surface area contributed by atoms with Crippen LogP contribution in [0.1, 0.15) is 32.9 Å². The molecule has 1 saturated heterocycles. The van der Waals surface area contributed by atoms with Gasteiger partial charge in [-0.3, -0.25) is 9.69 Å². The molecule has 0 saturated carbocycles. The summed E-state index contributed by atoms with van der Waals surface area (Å²) in [5.74, 6) is -0.0635. The number of aryl methyl sites for hydroxylation is 2. The molecule has 2 heterocycles. The van der Waals surface area contributed by atoms with Crippen LogP contribution in [-0.4, -0.2) is 53.9 Å². The number of anilines is 1. The zero-order valence-corrected chi connectivity index (χ0v) is 16.0. The van der Waals surface area contributed by atoms with Crippen LogP contribution >= 0.6 is 11.3 Å². The highest BCUT2D eigenvalue weighted by Crippen LogP contribution is 2.21. The molecule has 1 amide bonds. The van der Waals surface area contributed by atoms with E-state index >= 15 is 0 Å². The first-order chi connectivity index (χ1) is 12.0. The second-order valence-electron chi connectivity index (χ2n) is 6.61. The minimum atomic E-state index is -0.0635. The van der Waals surface area contributed by atoms with Gasteiger partial charge in [0.2, 0.25) is 0 Å². The van der Waals surface area contributed by atoms with E-state index in [1.807, 2.05) is 19.1 Å². The average Bonchev–Trinajstić information content (AvgIpc) is 2.98. The van der Waals surface area contributed by atoms with E-state index in [2.05, 4.69) is 46.2 Å². The van der Waals surface area contributed by atoms with E-state index in [4.69, 9.17) is 0 Å². The standard InChI is InChI=1S/C19H26N4OS/c1-4-17-20-14(2)18(25-17)19(24)21-16-7-5-6-15(12-16)13-23-10-8-22(3)9-11-23/h5-7,12H,4,8-11,13H2,1-3H3,(H,21,24). The number of likely N-dealkylation sites (N-methyl/N-ethyl adjacent to an activating group) is 1. The molecule has 0 radical (unpaired) electrons. The van der Waals surface area contributed by atoms with Crippen molar-refractivity contribution in [1.82, 2.24) is 14.8 Å². The highest BCUT2D eigenvalue weighted by atomic mass is 32.1. The van der Waals surface area contributed by atoms with Gasteiger partial charge < -0.3 is 10.2 Å². The van der Waals surface area contributed by atoms with Crippen LogP contribution < -0.4 is 5.32 Å². The number of rotatable bonds is 5. The zero-order chi connectivity index (χ0) is 17.8. The van der Waals surface area contributed by atoms with E-state index in [9.17, 15) is 4.79 Å². The first kappa shape index (κ1) is 18.0. The lowest BCUT2D eigenvalue weighted by molar-refractivity contribution is 0.103. The van der Waals surface area contributed by atoms with E-state index < -0.39 is 0 Å². The van der Waals surface area contributed by atoms with E-state index in [1.54, 1.807) is 0 Å². The maximum absolute atomic E-state index is 12.5. The van der Waals surface area contributed by atoms with Gasteiger partial charge in [0.25, 0.3) is 5.91 Å². The van der Waals surface area contributed by atoms with Gasteiger partial charge >= 0.3 is 0 Å². The summed E-state index contributed by atoms with van der Waals surface area (Å²) in [6.45, 7) is 9.29. The lowest BCUT2D eigenvalue weighted by atomic mass is 10.1. The van der Waals surface area contributed by atoms with Crippen molar-refractivity contribution in [3.8, 4) is 0 Å². The van der Waals surface area contributed by atoms with Crippen molar-refractivity contribution in [1.29, 1.82) is 0 Å². The van der Waals surface area contributed by atoms with Crippen molar-refractivity contribution >= 4 is 22.9 Å². The molecule has 0 atom stereocenters. The molecular weight excluding hydrogens is 332 g/mol. The molecule has 0 spiro atoms. The van der Waals surface area contributed by atoms with Gasteiger partial charge in [-0.05, 0) is 38.1 Å². The maximum Gasteiger partial charge on any atom is 0.267 e. The highest BCUT2D eigenvalue weighted by molar-refractivity contribution is 7.13. The van der Waals surface area contributed by atoms with Crippen LogP contribution in [0.5, 0.6) is 0 Å². The largest absolute Gasteiger partial charge is 0.321 e. The summed E-state index contributed by atoms with van der Waals surface area (Å²) < 4.78 is 0. The molecule has 5 nitrogen and oxygen atoms in total. The Morgan fingerprint density at radius 3 is 2.72 bits per heavy atom. The fourth-order valence-corrected chi connectivity index (χ4v) is 3.91. The number of hydrogen-bond acceptors (Lipinski definition) is 5. The smallest absolute Gasteiger partial charge is 0.267 e. The molecule has 1 N–H and O–H groups in total. The minimum Gasteiger partial charge on any atom is -0.321 e. The SMILES string of the molecule is CCc1nc(C)c(C(=O)Nc2cccc(CN3CCN(C)CC3)c2)s1. The Labute approximate surface area is 153 Å². The van der Waals surface area contributed by atoms with Gasteiger partial charge in [0.15, 0.2) is 0 Å². The van der Waals surface area contributed by atoms with Gasteiger partial charge in [-0.25, -0.2) is 4.98 Å². The minimum absolute atomic E-state index is 0.0635. The number of nitrogens with one attached hydrogen (secondary N) is 1. The Balaban J connectivity index is 1.65. The summed E-state index contributed by atoms with van der Waals surface area (Å²) in [7, 11) is 2.17. The van der Waals surface area contributed by atoms with Crippen molar-refractivity contribution in [3.05, 3.63) is 45.4 Å². The molecule has 1 aromatic heterocycles. The Morgan fingerprint density at radius 2 is 2.04 bits per heavy atom. The molecule has 3 rings (SSSR count). The summed E-state index contributed by atoms with van der Waals surface area (Å²) in [5.41, 5.74) is 2.90. The van der Waals surface area contributed by atoms with Gasteiger partial charge in [-0.15, -0.1) is 11.3 Å². The molecule has 134 valence electrons. The van der Waals surface area contributed by atoms with E-state index in [0.717, 1.165) is 55.5 Å². The summed E-state index contributed by atoms with van der Waals surface area (Å²) in [5, 5.41) is 4.03. The molecule has 0 aliphatic carbocycles. The Kier molecular flexibility index (Phi) is 5.83. The van der Waals surface area contributed by atoms with Crippen molar-refractivity contribution in [3.63, 3.8) is 0 Å². The summed E-state index contributed by atoms with van der Waals surface area (Å²) >= 11 is 1.48. The molecular formula is C19H26N4OS. The molecule has 25 heavy (non-hydrogen) atoms. The predicted octanol–water partition coefficient (Wildman–Crippen LogP) is 3.01. The number of aromatic nitrogens is 1. The summed E-state index contributed by atoms with van der Waals surface area (Å²) in [6.07, 6.45) is 0.860. The number of benzene rings is 1. The predicted molar refractivity (Wildman–Crippen MR) is 103 cm³/mol. The van der Waals surface area contributed by atoms with Crippen molar-refractivity contribution in [2.75, 3.05) is 38.5 Å². The molecule has 0 unspecified atom stereocenters. The second kappa shape index (κ2) is 8.08. The monoisotopic (exact) mass is 358 g/mol. The number of amides is 1.